The molecule has 0 bridgehead atoms. The van der Waals surface area contributed by atoms with Gasteiger partial charge in [-0.1, -0.05) is 23.7 Å². The average molecular weight is 490 g/mol. The monoisotopic (exact) mass is 489 g/mol. The Balaban J connectivity index is 1.67. The molecule has 7 nitrogen and oxygen atoms in total. The minimum Gasteiger partial charge on any atom is -0.457 e. The second kappa shape index (κ2) is 10.1. The SMILES string of the molecule is CC(C)(C)OC(=O)ON(C(=O)OC(C)(C)C)C1CC(c2cccc(Oc3ccc(Cl)cc3)c2)C1. The zero-order valence-corrected chi connectivity index (χ0v) is 21.2. The number of halogens is 1. The first kappa shape index (κ1) is 25.7. The molecule has 0 spiro atoms. The predicted molar refractivity (Wildman–Crippen MR) is 129 cm³/mol. The Bertz CT molecular complexity index is 1000. The third kappa shape index (κ3) is 7.55. The van der Waals surface area contributed by atoms with Crippen molar-refractivity contribution in [3.8, 4) is 11.5 Å². The summed E-state index contributed by atoms with van der Waals surface area (Å²) >= 11 is 5.94. The van der Waals surface area contributed by atoms with E-state index in [0.717, 1.165) is 10.6 Å². The fraction of sp³-hybridized carbons (Fsp3) is 0.462. The van der Waals surface area contributed by atoms with E-state index in [9.17, 15) is 9.59 Å². The molecule has 2 aromatic carbocycles. The molecule has 1 fully saturated rings. The minimum atomic E-state index is -0.944. The molecule has 0 aromatic heterocycles. The lowest BCUT2D eigenvalue weighted by Gasteiger charge is -2.41. The van der Waals surface area contributed by atoms with Crippen molar-refractivity contribution in [1.29, 1.82) is 0 Å². The van der Waals surface area contributed by atoms with E-state index in [-0.39, 0.29) is 12.0 Å². The van der Waals surface area contributed by atoms with Gasteiger partial charge in [0.1, 0.15) is 22.7 Å². The van der Waals surface area contributed by atoms with Crippen LogP contribution in [0.1, 0.15) is 65.9 Å². The maximum Gasteiger partial charge on any atom is 0.534 e. The Morgan fingerprint density at radius 2 is 1.50 bits per heavy atom. The van der Waals surface area contributed by atoms with Gasteiger partial charge in [-0.05, 0) is 102 Å². The predicted octanol–water partition coefficient (Wildman–Crippen LogP) is 7.48. The van der Waals surface area contributed by atoms with E-state index in [0.29, 0.717) is 29.4 Å². The molecular formula is C26H32ClNO6. The number of amides is 1. The highest BCUT2D eigenvalue weighted by molar-refractivity contribution is 6.30. The number of hydroxylamine groups is 2. The van der Waals surface area contributed by atoms with Crippen molar-refractivity contribution >= 4 is 23.8 Å². The van der Waals surface area contributed by atoms with Crippen molar-refractivity contribution in [1.82, 2.24) is 5.06 Å². The molecule has 0 aliphatic heterocycles. The van der Waals surface area contributed by atoms with Gasteiger partial charge in [0.25, 0.3) is 0 Å². The van der Waals surface area contributed by atoms with Crippen molar-refractivity contribution in [2.75, 3.05) is 0 Å². The number of carbonyl (C=O) groups excluding carboxylic acids is 2. The van der Waals surface area contributed by atoms with Gasteiger partial charge in [0, 0.05) is 5.02 Å². The van der Waals surface area contributed by atoms with Crippen LogP contribution in [0, 0.1) is 0 Å². The largest absolute Gasteiger partial charge is 0.534 e. The van der Waals surface area contributed by atoms with E-state index in [1.165, 1.54) is 0 Å². The van der Waals surface area contributed by atoms with Gasteiger partial charge in [0.05, 0.1) is 6.04 Å². The highest BCUT2D eigenvalue weighted by Crippen LogP contribution is 2.41. The molecule has 184 valence electrons. The number of nitrogens with zero attached hydrogens (tertiary/aromatic N) is 1. The van der Waals surface area contributed by atoms with Crippen molar-refractivity contribution in [2.45, 2.75) is 77.5 Å². The van der Waals surface area contributed by atoms with Gasteiger partial charge in [0.15, 0.2) is 0 Å². The molecule has 0 radical (unpaired) electrons. The molecule has 0 saturated heterocycles. The van der Waals surface area contributed by atoms with Crippen LogP contribution in [0.25, 0.3) is 0 Å². The smallest absolute Gasteiger partial charge is 0.457 e. The summed E-state index contributed by atoms with van der Waals surface area (Å²) in [5.74, 6) is 1.57. The maximum atomic E-state index is 12.8. The summed E-state index contributed by atoms with van der Waals surface area (Å²) in [5.41, 5.74) is -0.406. The van der Waals surface area contributed by atoms with Crippen molar-refractivity contribution in [2.24, 2.45) is 0 Å². The lowest BCUT2D eigenvalue weighted by atomic mass is 9.75. The standard InChI is InChI=1S/C26H32ClNO6/c1-25(2,3)32-23(29)28(34-24(30)33-26(4,5)6)20-14-18(15-20)17-8-7-9-22(16-17)31-21-12-10-19(27)11-13-21/h7-13,16,18,20H,14-15H2,1-6H3. The van der Waals surface area contributed by atoms with Crippen LogP contribution in [0.15, 0.2) is 48.5 Å². The van der Waals surface area contributed by atoms with Crippen LogP contribution < -0.4 is 4.74 Å². The van der Waals surface area contributed by atoms with Crippen LogP contribution in [-0.2, 0) is 14.3 Å². The molecule has 1 saturated carbocycles. The van der Waals surface area contributed by atoms with Crippen LogP contribution in [0.4, 0.5) is 9.59 Å². The molecule has 0 atom stereocenters. The number of carbonyl (C=O) groups is 2. The number of benzene rings is 2. The van der Waals surface area contributed by atoms with E-state index >= 15 is 0 Å². The third-order valence-electron chi connectivity index (χ3n) is 4.96. The quantitative estimate of drug-likeness (QED) is 0.327. The van der Waals surface area contributed by atoms with Crippen LogP contribution >= 0.6 is 11.6 Å². The summed E-state index contributed by atoms with van der Waals surface area (Å²) in [6, 6.07) is 14.6. The van der Waals surface area contributed by atoms with Gasteiger partial charge in [-0.3, -0.25) is 4.84 Å². The third-order valence-corrected chi connectivity index (χ3v) is 5.21. The molecule has 0 N–H and O–H groups in total. The maximum absolute atomic E-state index is 12.8. The molecule has 34 heavy (non-hydrogen) atoms. The summed E-state index contributed by atoms with van der Waals surface area (Å²) in [7, 11) is 0. The minimum absolute atomic E-state index is 0.172. The number of ether oxygens (including phenoxy) is 3. The van der Waals surface area contributed by atoms with Gasteiger partial charge in [-0.25, -0.2) is 9.59 Å². The zero-order valence-electron chi connectivity index (χ0n) is 20.5. The summed E-state index contributed by atoms with van der Waals surface area (Å²) in [6.07, 6.45) is -0.458. The summed E-state index contributed by atoms with van der Waals surface area (Å²) in [4.78, 5) is 30.3. The van der Waals surface area contributed by atoms with Crippen molar-refractivity contribution in [3.05, 3.63) is 59.1 Å². The average Bonchev–Trinajstić information content (AvgIpc) is 2.65. The Hall–Kier alpha value is -2.93. The van der Waals surface area contributed by atoms with Crippen LogP contribution in [0.2, 0.25) is 5.02 Å². The van der Waals surface area contributed by atoms with E-state index in [1.807, 2.05) is 24.3 Å². The van der Waals surface area contributed by atoms with Gasteiger partial charge in [-0.2, -0.15) is 0 Å². The number of rotatable bonds is 4. The highest BCUT2D eigenvalue weighted by Gasteiger charge is 2.42. The van der Waals surface area contributed by atoms with Gasteiger partial charge in [-0.15, -0.1) is 5.06 Å². The molecule has 3 rings (SSSR count). The normalized spacial score (nSPS) is 17.9. The number of hydrogen-bond donors (Lipinski definition) is 0. The van der Waals surface area contributed by atoms with E-state index < -0.39 is 23.5 Å². The molecule has 8 heteroatoms. The van der Waals surface area contributed by atoms with Crippen molar-refractivity contribution < 1.29 is 28.6 Å². The first-order valence-corrected chi connectivity index (χ1v) is 11.6. The molecule has 0 unspecified atom stereocenters. The molecule has 1 amide bonds. The highest BCUT2D eigenvalue weighted by atomic mass is 35.5. The molecule has 0 heterocycles. The Morgan fingerprint density at radius 1 is 0.882 bits per heavy atom. The topological polar surface area (TPSA) is 74.3 Å². The van der Waals surface area contributed by atoms with Crippen LogP contribution in [0.5, 0.6) is 11.5 Å². The van der Waals surface area contributed by atoms with Gasteiger partial charge in [0.2, 0.25) is 0 Å². The van der Waals surface area contributed by atoms with Crippen molar-refractivity contribution in [3.63, 3.8) is 0 Å². The van der Waals surface area contributed by atoms with Gasteiger partial charge >= 0.3 is 12.2 Å². The zero-order chi connectivity index (χ0) is 25.1. The fourth-order valence-electron chi connectivity index (χ4n) is 3.44. The Morgan fingerprint density at radius 3 is 2.09 bits per heavy atom. The summed E-state index contributed by atoms with van der Waals surface area (Å²) in [6.45, 7) is 10.4. The first-order valence-electron chi connectivity index (χ1n) is 11.3. The summed E-state index contributed by atoms with van der Waals surface area (Å²) in [5, 5.41) is 1.65. The molecule has 2 aromatic rings. The van der Waals surface area contributed by atoms with Crippen LogP contribution in [-0.4, -0.2) is 34.6 Å². The second-order valence-corrected chi connectivity index (χ2v) is 10.7. The first-order chi connectivity index (χ1) is 15.8. The Labute approximate surface area is 205 Å². The Kier molecular flexibility index (Phi) is 7.66. The lowest BCUT2D eigenvalue weighted by Crippen LogP contribution is -2.50. The second-order valence-electron chi connectivity index (χ2n) is 10.3. The molecular weight excluding hydrogens is 458 g/mol. The van der Waals surface area contributed by atoms with E-state index in [2.05, 4.69) is 0 Å². The lowest BCUT2D eigenvalue weighted by molar-refractivity contribution is -0.169. The van der Waals surface area contributed by atoms with Crippen LogP contribution in [0.3, 0.4) is 0 Å². The number of hydrogen-bond acceptors (Lipinski definition) is 6. The summed E-state index contributed by atoms with van der Waals surface area (Å²) < 4.78 is 16.6. The molecule has 1 aliphatic rings. The van der Waals surface area contributed by atoms with E-state index in [4.69, 9.17) is 30.6 Å². The fourth-order valence-corrected chi connectivity index (χ4v) is 3.56. The van der Waals surface area contributed by atoms with E-state index in [1.54, 1.807) is 65.8 Å². The molecule has 1 aliphatic carbocycles. The van der Waals surface area contributed by atoms with Gasteiger partial charge < -0.3 is 14.2 Å².